The lowest BCUT2D eigenvalue weighted by molar-refractivity contribution is 0.0372. The van der Waals surface area contributed by atoms with Crippen molar-refractivity contribution in [2.45, 2.75) is 25.9 Å². The van der Waals surface area contributed by atoms with Crippen LogP contribution in [0.5, 0.6) is 0 Å². The van der Waals surface area contributed by atoms with Crippen molar-refractivity contribution in [3.63, 3.8) is 0 Å². The van der Waals surface area contributed by atoms with Crippen molar-refractivity contribution >= 4 is 11.7 Å². The van der Waals surface area contributed by atoms with Crippen LogP contribution in [0.3, 0.4) is 0 Å². The lowest BCUT2D eigenvalue weighted by Gasteiger charge is -2.21. The Labute approximate surface area is 124 Å². The number of benzene rings is 1. The molecule has 2 aromatic rings. The molecule has 1 unspecified atom stereocenters. The SMILES string of the molecule is CCc1cccc(NC(=O)NCC(C)(O)c2ccco2)c1. The number of aliphatic hydroxyl groups is 1. The van der Waals surface area contributed by atoms with E-state index in [4.69, 9.17) is 4.42 Å². The predicted molar refractivity (Wildman–Crippen MR) is 81.1 cm³/mol. The van der Waals surface area contributed by atoms with E-state index in [1.807, 2.05) is 24.3 Å². The highest BCUT2D eigenvalue weighted by Crippen LogP contribution is 2.19. The van der Waals surface area contributed by atoms with Gasteiger partial charge in [0.1, 0.15) is 11.4 Å². The zero-order chi connectivity index (χ0) is 15.3. The Morgan fingerprint density at radius 2 is 2.14 bits per heavy atom. The number of amides is 2. The number of aryl methyl sites for hydroxylation is 1. The molecule has 2 rings (SSSR count). The predicted octanol–water partition coefficient (Wildman–Crippen LogP) is 2.87. The van der Waals surface area contributed by atoms with Crippen molar-refractivity contribution in [3.05, 3.63) is 54.0 Å². The first kappa shape index (κ1) is 15.1. The molecule has 1 aromatic heterocycles. The van der Waals surface area contributed by atoms with E-state index >= 15 is 0 Å². The van der Waals surface area contributed by atoms with E-state index in [1.54, 1.807) is 19.1 Å². The molecule has 3 N–H and O–H groups in total. The average Bonchev–Trinajstić information content (AvgIpc) is 3.00. The quantitative estimate of drug-likeness (QED) is 0.792. The van der Waals surface area contributed by atoms with E-state index in [-0.39, 0.29) is 12.6 Å². The molecule has 0 spiro atoms. The molecular weight excluding hydrogens is 268 g/mol. The molecule has 0 saturated heterocycles. The number of nitrogens with one attached hydrogen (secondary N) is 2. The second-order valence-electron chi connectivity index (χ2n) is 5.11. The van der Waals surface area contributed by atoms with Gasteiger partial charge in [0, 0.05) is 5.69 Å². The molecule has 1 aromatic carbocycles. The molecule has 0 aliphatic heterocycles. The van der Waals surface area contributed by atoms with Gasteiger partial charge in [0.2, 0.25) is 0 Å². The van der Waals surface area contributed by atoms with Gasteiger partial charge in [-0.3, -0.25) is 0 Å². The second-order valence-corrected chi connectivity index (χ2v) is 5.11. The molecule has 5 nitrogen and oxygen atoms in total. The molecule has 5 heteroatoms. The summed E-state index contributed by atoms with van der Waals surface area (Å²) in [5, 5.41) is 15.6. The van der Waals surface area contributed by atoms with Crippen LogP contribution in [0.15, 0.2) is 47.1 Å². The molecule has 2 amide bonds. The number of furan rings is 1. The molecule has 0 aliphatic rings. The summed E-state index contributed by atoms with van der Waals surface area (Å²) in [5.74, 6) is 0.413. The molecule has 112 valence electrons. The Morgan fingerprint density at radius 3 is 2.81 bits per heavy atom. The molecular formula is C16H20N2O3. The molecule has 21 heavy (non-hydrogen) atoms. The average molecular weight is 288 g/mol. The van der Waals surface area contributed by atoms with Crippen molar-refractivity contribution in [1.82, 2.24) is 5.32 Å². The molecule has 0 fully saturated rings. The van der Waals surface area contributed by atoms with Gasteiger partial charge < -0.3 is 20.2 Å². The molecule has 0 bridgehead atoms. The van der Waals surface area contributed by atoms with Gasteiger partial charge in [0.05, 0.1) is 12.8 Å². The number of anilines is 1. The van der Waals surface area contributed by atoms with Crippen molar-refractivity contribution in [3.8, 4) is 0 Å². The number of urea groups is 1. The largest absolute Gasteiger partial charge is 0.466 e. The van der Waals surface area contributed by atoms with Crippen LogP contribution in [0.2, 0.25) is 0 Å². The second kappa shape index (κ2) is 6.45. The molecule has 1 atom stereocenters. The normalized spacial score (nSPS) is 13.5. The number of hydrogen-bond acceptors (Lipinski definition) is 3. The van der Waals surface area contributed by atoms with Gasteiger partial charge in [-0.1, -0.05) is 19.1 Å². The zero-order valence-corrected chi connectivity index (χ0v) is 12.2. The van der Waals surface area contributed by atoms with Gasteiger partial charge in [-0.15, -0.1) is 0 Å². The van der Waals surface area contributed by atoms with Crippen molar-refractivity contribution in [2.24, 2.45) is 0 Å². The first-order chi connectivity index (χ1) is 10.0. The van der Waals surface area contributed by atoms with Crippen molar-refractivity contribution < 1.29 is 14.3 Å². The lowest BCUT2D eigenvalue weighted by Crippen LogP contribution is -2.40. The fraction of sp³-hybridized carbons (Fsp3) is 0.312. The molecule has 0 radical (unpaired) electrons. The zero-order valence-electron chi connectivity index (χ0n) is 12.2. The summed E-state index contributed by atoms with van der Waals surface area (Å²) in [6.07, 6.45) is 2.39. The summed E-state index contributed by atoms with van der Waals surface area (Å²) in [6, 6.07) is 10.6. The Morgan fingerprint density at radius 1 is 1.33 bits per heavy atom. The maximum absolute atomic E-state index is 11.9. The minimum absolute atomic E-state index is 0.0554. The third kappa shape index (κ3) is 4.10. The van der Waals surface area contributed by atoms with E-state index in [9.17, 15) is 9.90 Å². The van der Waals surface area contributed by atoms with E-state index in [1.165, 1.54) is 6.26 Å². The monoisotopic (exact) mass is 288 g/mol. The fourth-order valence-electron chi connectivity index (χ4n) is 1.97. The maximum atomic E-state index is 11.9. The Kier molecular flexibility index (Phi) is 4.65. The van der Waals surface area contributed by atoms with E-state index in [0.29, 0.717) is 5.76 Å². The summed E-state index contributed by atoms with van der Waals surface area (Å²) in [6.45, 7) is 3.70. The number of carbonyl (C=O) groups excluding carboxylic acids is 1. The molecule has 1 heterocycles. The summed E-state index contributed by atoms with van der Waals surface area (Å²) in [7, 11) is 0. The molecule has 0 aliphatic carbocycles. The van der Waals surface area contributed by atoms with Crippen LogP contribution in [0.4, 0.5) is 10.5 Å². The highest BCUT2D eigenvalue weighted by molar-refractivity contribution is 5.89. The van der Waals surface area contributed by atoms with Crippen LogP contribution < -0.4 is 10.6 Å². The van der Waals surface area contributed by atoms with Crippen molar-refractivity contribution in [2.75, 3.05) is 11.9 Å². The van der Waals surface area contributed by atoms with Gasteiger partial charge in [-0.25, -0.2) is 4.79 Å². The Bertz CT molecular complexity index is 591. The first-order valence-corrected chi connectivity index (χ1v) is 6.91. The van der Waals surface area contributed by atoms with E-state index in [0.717, 1.165) is 17.7 Å². The van der Waals surface area contributed by atoms with E-state index in [2.05, 4.69) is 17.6 Å². The summed E-state index contributed by atoms with van der Waals surface area (Å²) < 4.78 is 5.16. The summed E-state index contributed by atoms with van der Waals surface area (Å²) >= 11 is 0. The lowest BCUT2D eigenvalue weighted by atomic mass is 10.0. The van der Waals surface area contributed by atoms with Gasteiger partial charge >= 0.3 is 6.03 Å². The van der Waals surface area contributed by atoms with Gasteiger partial charge in [0.25, 0.3) is 0 Å². The van der Waals surface area contributed by atoms with Crippen molar-refractivity contribution in [1.29, 1.82) is 0 Å². The molecule has 0 saturated carbocycles. The minimum Gasteiger partial charge on any atom is -0.466 e. The number of hydrogen-bond donors (Lipinski definition) is 3. The first-order valence-electron chi connectivity index (χ1n) is 6.91. The van der Waals surface area contributed by atoms with E-state index < -0.39 is 5.60 Å². The third-order valence-corrected chi connectivity index (χ3v) is 3.24. The summed E-state index contributed by atoms with van der Waals surface area (Å²) in [5.41, 5.74) is 0.631. The van der Waals surface area contributed by atoms with Gasteiger partial charge in [-0.2, -0.15) is 0 Å². The van der Waals surface area contributed by atoms with Crippen LogP contribution in [0.1, 0.15) is 25.2 Å². The van der Waals surface area contributed by atoms with Crippen LogP contribution in [-0.2, 0) is 12.0 Å². The standard InChI is InChI=1S/C16H20N2O3/c1-3-12-6-4-7-13(10-12)18-15(19)17-11-16(2,20)14-8-5-9-21-14/h4-10,20H,3,11H2,1-2H3,(H2,17,18,19). The Balaban J connectivity index is 1.90. The highest BCUT2D eigenvalue weighted by atomic mass is 16.4. The van der Waals surface area contributed by atoms with Gasteiger partial charge in [-0.05, 0) is 43.2 Å². The highest BCUT2D eigenvalue weighted by Gasteiger charge is 2.26. The maximum Gasteiger partial charge on any atom is 0.319 e. The number of rotatable bonds is 5. The number of carbonyl (C=O) groups is 1. The van der Waals surface area contributed by atoms with Crippen LogP contribution in [0.25, 0.3) is 0 Å². The minimum atomic E-state index is -1.24. The Hall–Kier alpha value is -2.27. The van der Waals surface area contributed by atoms with Crippen LogP contribution in [0, 0.1) is 0 Å². The van der Waals surface area contributed by atoms with Crippen LogP contribution in [-0.4, -0.2) is 17.7 Å². The summed E-state index contributed by atoms with van der Waals surface area (Å²) in [4.78, 5) is 11.9. The smallest absolute Gasteiger partial charge is 0.319 e. The van der Waals surface area contributed by atoms with Crippen LogP contribution >= 0.6 is 0 Å². The topological polar surface area (TPSA) is 74.5 Å². The van der Waals surface area contributed by atoms with Gasteiger partial charge in [0.15, 0.2) is 0 Å². The third-order valence-electron chi connectivity index (χ3n) is 3.24. The fourth-order valence-corrected chi connectivity index (χ4v) is 1.97.